The van der Waals surface area contributed by atoms with Crippen molar-refractivity contribution in [3.8, 4) is 0 Å². The van der Waals surface area contributed by atoms with Crippen molar-refractivity contribution in [1.82, 2.24) is 0 Å². The summed E-state index contributed by atoms with van der Waals surface area (Å²) in [5, 5.41) is 0. The molecule has 70 valence electrons. The van der Waals surface area contributed by atoms with Gasteiger partial charge in [0, 0.05) is 0 Å². The van der Waals surface area contributed by atoms with E-state index in [9.17, 15) is 4.79 Å². The Bertz CT molecular complexity index is 210. The third-order valence-corrected chi connectivity index (χ3v) is 1.14. The van der Waals surface area contributed by atoms with E-state index in [1.54, 1.807) is 20.8 Å². The van der Waals surface area contributed by atoms with Crippen molar-refractivity contribution < 1.29 is 9.53 Å². The first-order chi connectivity index (χ1) is 5.24. The summed E-state index contributed by atoms with van der Waals surface area (Å²) in [5.41, 5.74) is 10.2. The van der Waals surface area contributed by atoms with Crippen LogP contribution in [0.4, 0.5) is 0 Å². The molecule has 0 spiro atoms. The number of hydrogen-bond donors (Lipinski definition) is 2. The average Bonchev–Trinajstić information content (AvgIpc) is 1.82. The molecule has 0 aromatic heterocycles. The molecule has 0 aliphatic heterocycles. The topological polar surface area (TPSA) is 78.3 Å². The van der Waals surface area contributed by atoms with Gasteiger partial charge in [0.1, 0.15) is 11.4 Å². The number of rotatable bonds is 1. The van der Waals surface area contributed by atoms with Gasteiger partial charge < -0.3 is 16.2 Å². The standard InChI is InChI=1S/C8H16N2O2/c1-5(6(9)10)7(11)12-8(2,3)4/h9-10H2,1-4H3. The van der Waals surface area contributed by atoms with E-state index in [1.165, 1.54) is 6.92 Å². The lowest BCUT2D eigenvalue weighted by Crippen LogP contribution is -2.26. The molecule has 0 radical (unpaired) electrons. The number of esters is 1. The van der Waals surface area contributed by atoms with E-state index >= 15 is 0 Å². The highest BCUT2D eigenvalue weighted by Crippen LogP contribution is 2.10. The Morgan fingerprint density at radius 2 is 1.67 bits per heavy atom. The molecule has 0 aliphatic rings. The summed E-state index contributed by atoms with van der Waals surface area (Å²) in [7, 11) is 0. The first-order valence-corrected chi connectivity index (χ1v) is 3.69. The van der Waals surface area contributed by atoms with Gasteiger partial charge in [-0.25, -0.2) is 4.79 Å². The number of carbonyl (C=O) groups is 1. The van der Waals surface area contributed by atoms with Crippen molar-refractivity contribution >= 4 is 5.97 Å². The second-order valence-corrected chi connectivity index (χ2v) is 3.58. The van der Waals surface area contributed by atoms with E-state index in [-0.39, 0.29) is 11.4 Å². The first kappa shape index (κ1) is 10.8. The van der Waals surface area contributed by atoms with Gasteiger partial charge in [-0.05, 0) is 27.7 Å². The SMILES string of the molecule is CC(C(=O)OC(C)(C)C)=C(N)N. The van der Waals surface area contributed by atoms with Gasteiger partial charge in [-0.3, -0.25) is 0 Å². The molecule has 0 aromatic rings. The fourth-order valence-electron chi connectivity index (χ4n) is 0.472. The summed E-state index contributed by atoms with van der Waals surface area (Å²) in [6, 6.07) is 0. The second-order valence-electron chi connectivity index (χ2n) is 3.58. The molecule has 0 saturated carbocycles. The van der Waals surface area contributed by atoms with Crippen LogP contribution < -0.4 is 11.5 Å². The van der Waals surface area contributed by atoms with Crippen LogP contribution >= 0.6 is 0 Å². The molecule has 4 N–H and O–H groups in total. The zero-order chi connectivity index (χ0) is 9.94. The van der Waals surface area contributed by atoms with Crippen molar-refractivity contribution in [2.24, 2.45) is 11.5 Å². The van der Waals surface area contributed by atoms with Crippen LogP contribution in [0.5, 0.6) is 0 Å². The minimum atomic E-state index is -0.506. The Morgan fingerprint density at radius 3 is 1.92 bits per heavy atom. The summed E-state index contributed by atoms with van der Waals surface area (Å²) >= 11 is 0. The van der Waals surface area contributed by atoms with Gasteiger partial charge in [-0.2, -0.15) is 0 Å². The molecule has 0 fully saturated rings. The lowest BCUT2D eigenvalue weighted by Gasteiger charge is -2.19. The van der Waals surface area contributed by atoms with Gasteiger partial charge in [-0.1, -0.05) is 0 Å². The maximum atomic E-state index is 11.2. The number of ether oxygens (including phenoxy) is 1. The maximum Gasteiger partial charge on any atom is 0.337 e. The van der Waals surface area contributed by atoms with Gasteiger partial charge >= 0.3 is 5.97 Å². The summed E-state index contributed by atoms with van der Waals surface area (Å²) in [6.07, 6.45) is 0. The van der Waals surface area contributed by atoms with Crippen LogP contribution in [0, 0.1) is 0 Å². The van der Waals surface area contributed by atoms with E-state index in [0.29, 0.717) is 0 Å². The maximum absolute atomic E-state index is 11.2. The molecule has 0 amide bonds. The molecule has 4 nitrogen and oxygen atoms in total. The molecule has 0 atom stereocenters. The van der Waals surface area contributed by atoms with Crippen LogP contribution in [0.3, 0.4) is 0 Å². The number of nitrogens with two attached hydrogens (primary N) is 2. The largest absolute Gasteiger partial charge is 0.457 e. The lowest BCUT2D eigenvalue weighted by molar-refractivity contribution is -0.149. The molecule has 0 aliphatic carbocycles. The van der Waals surface area contributed by atoms with Gasteiger partial charge in [0.25, 0.3) is 0 Å². The third kappa shape index (κ3) is 3.85. The van der Waals surface area contributed by atoms with E-state index in [0.717, 1.165) is 0 Å². The predicted octanol–water partition coefficient (Wildman–Crippen LogP) is 0.477. The van der Waals surface area contributed by atoms with E-state index in [1.807, 2.05) is 0 Å². The summed E-state index contributed by atoms with van der Waals surface area (Å²) in [4.78, 5) is 11.2. The quantitative estimate of drug-likeness (QED) is 0.445. The number of carbonyl (C=O) groups excluding carboxylic acids is 1. The van der Waals surface area contributed by atoms with Gasteiger partial charge in [0.2, 0.25) is 0 Å². The van der Waals surface area contributed by atoms with Gasteiger partial charge in [-0.15, -0.1) is 0 Å². The Balaban J connectivity index is 4.36. The fraction of sp³-hybridized carbons (Fsp3) is 0.625. The van der Waals surface area contributed by atoms with E-state index in [4.69, 9.17) is 16.2 Å². The molecule has 0 rings (SSSR count). The highest BCUT2D eigenvalue weighted by Gasteiger charge is 2.18. The highest BCUT2D eigenvalue weighted by molar-refractivity contribution is 5.88. The Morgan fingerprint density at radius 1 is 1.25 bits per heavy atom. The Kier molecular flexibility index (Phi) is 3.13. The molecule has 0 unspecified atom stereocenters. The lowest BCUT2D eigenvalue weighted by atomic mass is 10.2. The van der Waals surface area contributed by atoms with Crippen molar-refractivity contribution in [2.75, 3.05) is 0 Å². The van der Waals surface area contributed by atoms with Crippen molar-refractivity contribution in [1.29, 1.82) is 0 Å². The van der Waals surface area contributed by atoms with Gasteiger partial charge in [0.05, 0.1) is 5.57 Å². The second kappa shape index (κ2) is 3.47. The zero-order valence-corrected chi connectivity index (χ0v) is 7.97. The molecular weight excluding hydrogens is 156 g/mol. The highest BCUT2D eigenvalue weighted by atomic mass is 16.6. The molecule has 0 bridgehead atoms. The van der Waals surface area contributed by atoms with Crippen LogP contribution in [0.1, 0.15) is 27.7 Å². The summed E-state index contributed by atoms with van der Waals surface area (Å²) in [6.45, 7) is 6.88. The first-order valence-electron chi connectivity index (χ1n) is 3.69. The van der Waals surface area contributed by atoms with Crippen molar-refractivity contribution in [3.05, 3.63) is 11.4 Å². The Labute approximate surface area is 72.6 Å². The van der Waals surface area contributed by atoms with Crippen molar-refractivity contribution in [3.63, 3.8) is 0 Å². The fourth-order valence-corrected chi connectivity index (χ4v) is 0.472. The van der Waals surface area contributed by atoms with Crippen LogP contribution in [0.2, 0.25) is 0 Å². The predicted molar refractivity (Wildman–Crippen MR) is 46.9 cm³/mol. The van der Waals surface area contributed by atoms with Gasteiger partial charge in [0.15, 0.2) is 0 Å². The molecule has 0 saturated heterocycles. The molecule has 12 heavy (non-hydrogen) atoms. The summed E-state index contributed by atoms with van der Waals surface area (Å²) in [5.74, 6) is -0.466. The average molecular weight is 172 g/mol. The van der Waals surface area contributed by atoms with E-state index in [2.05, 4.69) is 0 Å². The van der Waals surface area contributed by atoms with E-state index < -0.39 is 11.6 Å². The monoisotopic (exact) mass is 172 g/mol. The molecular formula is C8H16N2O2. The Hall–Kier alpha value is -1.19. The number of hydrogen-bond acceptors (Lipinski definition) is 4. The van der Waals surface area contributed by atoms with Crippen LogP contribution in [0.25, 0.3) is 0 Å². The molecule has 4 heteroatoms. The molecule has 0 aromatic carbocycles. The smallest absolute Gasteiger partial charge is 0.337 e. The third-order valence-electron chi connectivity index (χ3n) is 1.14. The van der Waals surface area contributed by atoms with Crippen LogP contribution in [-0.4, -0.2) is 11.6 Å². The van der Waals surface area contributed by atoms with Crippen LogP contribution in [0.15, 0.2) is 11.4 Å². The molecule has 0 heterocycles. The van der Waals surface area contributed by atoms with Crippen molar-refractivity contribution in [2.45, 2.75) is 33.3 Å². The normalized spacial score (nSPS) is 10.7. The van der Waals surface area contributed by atoms with Crippen LogP contribution in [-0.2, 0) is 9.53 Å². The minimum absolute atomic E-state index is 0.00394. The zero-order valence-electron chi connectivity index (χ0n) is 7.97. The summed E-state index contributed by atoms with van der Waals surface area (Å²) < 4.78 is 5.00. The minimum Gasteiger partial charge on any atom is -0.457 e.